The number of hydrogen-bond donors (Lipinski definition) is 0. The van der Waals surface area contributed by atoms with E-state index in [0.29, 0.717) is 41.8 Å². The molecule has 0 atom stereocenters. The van der Waals surface area contributed by atoms with Crippen LogP contribution < -0.4 is 19.3 Å². The molecule has 1 saturated heterocycles. The highest BCUT2D eigenvalue weighted by Crippen LogP contribution is 2.45. The van der Waals surface area contributed by atoms with Crippen molar-refractivity contribution in [3.63, 3.8) is 0 Å². The lowest BCUT2D eigenvalue weighted by atomic mass is 9.96. The van der Waals surface area contributed by atoms with Gasteiger partial charge in [-0.3, -0.25) is 0 Å². The van der Waals surface area contributed by atoms with Crippen LogP contribution in [0.1, 0.15) is 49.9 Å². The summed E-state index contributed by atoms with van der Waals surface area (Å²) in [5, 5.41) is 0. The van der Waals surface area contributed by atoms with Crippen LogP contribution in [0, 0.1) is 5.92 Å². The number of piperidine rings is 1. The lowest BCUT2D eigenvalue weighted by molar-refractivity contribution is 0.0131. The minimum Gasteiger partial charge on any atom is -0.486 e. The van der Waals surface area contributed by atoms with Crippen LogP contribution in [0.2, 0.25) is 0 Å². The first-order valence-corrected chi connectivity index (χ1v) is 13.1. The molecule has 38 heavy (non-hydrogen) atoms. The molecule has 0 bridgehead atoms. The second kappa shape index (κ2) is 9.63. The first-order valence-electron chi connectivity index (χ1n) is 13.1. The highest BCUT2D eigenvalue weighted by molar-refractivity contribution is 5.68. The zero-order chi connectivity index (χ0) is 26.4. The van der Waals surface area contributed by atoms with Crippen molar-refractivity contribution >= 4 is 11.8 Å². The van der Waals surface area contributed by atoms with E-state index in [1.807, 2.05) is 0 Å². The molecule has 3 aliphatic rings. The largest absolute Gasteiger partial charge is 0.486 e. The van der Waals surface area contributed by atoms with Gasteiger partial charge in [0.25, 0.3) is 5.92 Å². The van der Waals surface area contributed by atoms with Crippen molar-refractivity contribution in [1.29, 1.82) is 0 Å². The molecule has 2 fully saturated rings. The van der Waals surface area contributed by atoms with Gasteiger partial charge in [-0.2, -0.15) is 8.78 Å². The van der Waals surface area contributed by atoms with Crippen molar-refractivity contribution in [3.8, 4) is 23.0 Å². The zero-order valence-corrected chi connectivity index (χ0v) is 21.9. The predicted octanol–water partition coefficient (Wildman–Crippen LogP) is 3.78. The van der Waals surface area contributed by atoms with Crippen molar-refractivity contribution < 1.29 is 18.3 Å². The normalized spacial score (nSPS) is 18.3. The summed E-state index contributed by atoms with van der Waals surface area (Å²) in [5.74, 6) is 0.935. The molecular weight excluding hydrogens is 494 g/mol. The van der Waals surface area contributed by atoms with E-state index in [1.165, 1.54) is 12.5 Å². The molecule has 0 N–H and O–H groups in total. The number of methoxy groups -OCH3 is 1. The Bertz CT molecular complexity index is 1320. The summed E-state index contributed by atoms with van der Waals surface area (Å²) in [5.41, 5.74) is 1.50. The Morgan fingerprint density at radius 1 is 1.08 bits per heavy atom. The van der Waals surface area contributed by atoms with E-state index in [1.54, 1.807) is 24.9 Å². The summed E-state index contributed by atoms with van der Waals surface area (Å²) < 4.78 is 40.7. The summed E-state index contributed by atoms with van der Waals surface area (Å²) in [6, 6.07) is 0. The van der Waals surface area contributed by atoms with E-state index in [9.17, 15) is 8.78 Å². The Morgan fingerprint density at radius 2 is 1.87 bits per heavy atom. The zero-order valence-electron chi connectivity index (χ0n) is 21.9. The van der Waals surface area contributed by atoms with Crippen LogP contribution >= 0.6 is 0 Å². The molecule has 1 saturated carbocycles. The highest BCUT2D eigenvalue weighted by atomic mass is 19.3. The van der Waals surface area contributed by atoms with Crippen LogP contribution in [-0.2, 0) is 13.0 Å². The molecule has 3 aromatic rings. The van der Waals surface area contributed by atoms with Gasteiger partial charge in [0.2, 0.25) is 11.8 Å². The summed E-state index contributed by atoms with van der Waals surface area (Å²) in [7, 11) is 3.37. The molecular formula is C26H32F2N8O2. The molecule has 0 amide bonds. The van der Waals surface area contributed by atoms with Gasteiger partial charge in [-0.15, -0.1) is 0 Å². The molecule has 0 aromatic carbocycles. The highest BCUT2D eigenvalue weighted by Gasteiger charge is 2.34. The Kier molecular flexibility index (Phi) is 6.27. The minimum absolute atomic E-state index is 0.192. The van der Waals surface area contributed by atoms with Gasteiger partial charge in [0.05, 0.1) is 25.5 Å². The molecule has 3 aromatic heterocycles. The molecule has 1 aliphatic carbocycles. The number of imidazole rings is 1. The average Bonchev–Trinajstić information content (AvgIpc) is 3.69. The van der Waals surface area contributed by atoms with Crippen molar-refractivity contribution in [2.75, 3.05) is 49.7 Å². The van der Waals surface area contributed by atoms with Crippen LogP contribution in [0.4, 0.5) is 20.5 Å². The van der Waals surface area contributed by atoms with Gasteiger partial charge in [0, 0.05) is 45.7 Å². The molecule has 10 nitrogen and oxygen atoms in total. The number of anilines is 2. The van der Waals surface area contributed by atoms with Crippen molar-refractivity contribution in [1.82, 2.24) is 29.5 Å². The molecule has 2 aliphatic heterocycles. The van der Waals surface area contributed by atoms with Crippen LogP contribution in [0.3, 0.4) is 0 Å². The maximum atomic E-state index is 13.8. The van der Waals surface area contributed by atoms with Crippen LogP contribution in [0.25, 0.3) is 11.4 Å². The number of halogens is 2. The van der Waals surface area contributed by atoms with Crippen molar-refractivity contribution in [3.05, 3.63) is 30.1 Å². The van der Waals surface area contributed by atoms with Crippen LogP contribution in [-0.4, -0.2) is 69.4 Å². The van der Waals surface area contributed by atoms with Gasteiger partial charge < -0.3 is 23.8 Å². The standard InChI is InChI=1S/C26H32F2N8O2/c1-26(27,28)19-14-34(2)25(32-19)35-8-6-16(7-9-35)13-36-10-11-38-18-12-29-22(33-23(18)36)20-21(17-4-5-17)30-15-31-24(20)37-3/h12,14-17H,4-11,13H2,1-3H3. The second-order valence-corrected chi connectivity index (χ2v) is 10.4. The fourth-order valence-electron chi connectivity index (χ4n) is 5.36. The SMILES string of the molecule is COc1ncnc(C2CC2)c1-c1ncc2c(n1)N(CC1CCN(c3nc(C(C)(F)F)cn3C)CC1)CCO2. The van der Waals surface area contributed by atoms with Gasteiger partial charge in [0.15, 0.2) is 17.4 Å². The van der Waals surface area contributed by atoms with Gasteiger partial charge in [-0.05, 0) is 31.6 Å². The summed E-state index contributed by atoms with van der Waals surface area (Å²) >= 11 is 0. The van der Waals surface area contributed by atoms with Gasteiger partial charge in [-0.25, -0.2) is 24.9 Å². The number of aryl methyl sites for hydroxylation is 1. The van der Waals surface area contributed by atoms with Crippen molar-refractivity contribution in [2.24, 2.45) is 13.0 Å². The molecule has 0 radical (unpaired) electrons. The van der Waals surface area contributed by atoms with Crippen molar-refractivity contribution in [2.45, 2.75) is 44.4 Å². The number of rotatable bonds is 7. The minimum atomic E-state index is -2.95. The van der Waals surface area contributed by atoms with E-state index in [4.69, 9.17) is 14.5 Å². The van der Waals surface area contributed by atoms with Crippen LogP contribution in [0.5, 0.6) is 11.6 Å². The van der Waals surface area contributed by atoms with E-state index in [0.717, 1.165) is 75.9 Å². The lowest BCUT2D eigenvalue weighted by Gasteiger charge is -2.37. The van der Waals surface area contributed by atoms with E-state index in [-0.39, 0.29) is 5.69 Å². The van der Waals surface area contributed by atoms with Gasteiger partial charge in [-0.1, -0.05) is 0 Å². The third kappa shape index (κ3) is 4.71. The molecule has 0 spiro atoms. The molecule has 0 unspecified atom stereocenters. The Labute approximate surface area is 220 Å². The fourth-order valence-corrected chi connectivity index (χ4v) is 5.36. The third-order valence-electron chi connectivity index (χ3n) is 7.55. The fraction of sp³-hybridized carbons (Fsp3) is 0.577. The van der Waals surface area contributed by atoms with E-state index in [2.05, 4.69) is 29.7 Å². The lowest BCUT2D eigenvalue weighted by Crippen LogP contribution is -2.42. The summed E-state index contributed by atoms with van der Waals surface area (Å²) in [4.78, 5) is 27.0. The summed E-state index contributed by atoms with van der Waals surface area (Å²) in [6.45, 7) is 4.54. The number of aromatic nitrogens is 6. The Morgan fingerprint density at radius 3 is 2.55 bits per heavy atom. The first-order chi connectivity index (χ1) is 18.3. The molecule has 5 heterocycles. The number of fused-ring (bicyclic) bond motifs is 1. The number of ether oxygens (including phenoxy) is 2. The topological polar surface area (TPSA) is 94.3 Å². The number of alkyl halides is 2. The first kappa shape index (κ1) is 24.7. The smallest absolute Gasteiger partial charge is 0.288 e. The Balaban J connectivity index is 1.19. The second-order valence-electron chi connectivity index (χ2n) is 10.4. The van der Waals surface area contributed by atoms with Gasteiger partial charge >= 0.3 is 0 Å². The van der Waals surface area contributed by atoms with E-state index < -0.39 is 5.92 Å². The quantitative estimate of drug-likeness (QED) is 0.456. The Hall–Kier alpha value is -3.57. The molecule has 202 valence electrons. The molecule has 6 rings (SSSR count). The number of hydrogen-bond acceptors (Lipinski definition) is 9. The molecule has 12 heteroatoms. The number of nitrogens with zero attached hydrogens (tertiary/aromatic N) is 8. The van der Waals surface area contributed by atoms with E-state index >= 15 is 0 Å². The monoisotopic (exact) mass is 526 g/mol. The average molecular weight is 527 g/mol. The summed E-state index contributed by atoms with van der Waals surface area (Å²) in [6.07, 6.45) is 8.74. The van der Waals surface area contributed by atoms with Gasteiger partial charge in [0.1, 0.15) is 24.2 Å². The predicted molar refractivity (Wildman–Crippen MR) is 137 cm³/mol. The third-order valence-corrected chi connectivity index (χ3v) is 7.55. The van der Waals surface area contributed by atoms with Crippen LogP contribution in [0.15, 0.2) is 18.7 Å². The maximum Gasteiger partial charge on any atom is 0.288 e. The maximum absolute atomic E-state index is 13.8.